The van der Waals surface area contributed by atoms with E-state index in [9.17, 15) is 4.79 Å². The molecular weight excluding hydrogens is 252 g/mol. The largest absolute Gasteiger partial charge is 0.382 e. The molecule has 0 spiro atoms. The molecule has 2 aliphatic rings. The van der Waals surface area contributed by atoms with Gasteiger partial charge in [0.2, 0.25) is 5.91 Å². The van der Waals surface area contributed by atoms with Gasteiger partial charge < -0.3 is 15.0 Å². The Morgan fingerprint density at radius 2 is 2.20 bits per heavy atom. The Kier molecular flexibility index (Phi) is 3.66. The lowest BCUT2D eigenvalue weighted by molar-refractivity contribution is -0.134. The van der Waals surface area contributed by atoms with E-state index in [2.05, 4.69) is 24.4 Å². The van der Waals surface area contributed by atoms with Gasteiger partial charge in [0.25, 0.3) is 0 Å². The first-order valence-corrected chi connectivity index (χ1v) is 7.36. The molecule has 1 fully saturated rings. The van der Waals surface area contributed by atoms with Crippen molar-refractivity contribution >= 4 is 11.6 Å². The van der Waals surface area contributed by atoms with Crippen LogP contribution in [0.5, 0.6) is 0 Å². The van der Waals surface area contributed by atoms with Crippen LogP contribution < -0.4 is 5.32 Å². The molecule has 108 valence electrons. The fourth-order valence-electron chi connectivity index (χ4n) is 3.22. The molecule has 3 rings (SSSR count). The SMILES string of the molecule is CC1CC(C(=O)N(C)C2CCOC2)c2ccccc2N1. The predicted molar refractivity (Wildman–Crippen MR) is 78.9 cm³/mol. The maximum atomic E-state index is 12.8. The lowest BCUT2D eigenvalue weighted by Gasteiger charge is -2.34. The summed E-state index contributed by atoms with van der Waals surface area (Å²) in [6, 6.07) is 8.71. The topological polar surface area (TPSA) is 41.6 Å². The zero-order valence-electron chi connectivity index (χ0n) is 12.1. The van der Waals surface area contributed by atoms with Crippen molar-refractivity contribution in [3.8, 4) is 0 Å². The summed E-state index contributed by atoms with van der Waals surface area (Å²) in [4.78, 5) is 14.7. The van der Waals surface area contributed by atoms with E-state index in [0.29, 0.717) is 12.6 Å². The summed E-state index contributed by atoms with van der Waals surface area (Å²) in [7, 11) is 1.91. The molecule has 4 nitrogen and oxygen atoms in total. The van der Waals surface area contributed by atoms with E-state index in [1.165, 1.54) is 0 Å². The highest BCUT2D eigenvalue weighted by Gasteiger charge is 2.34. The lowest BCUT2D eigenvalue weighted by Crippen LogP contribution is -2.42. The first kappa shape index (κ1) is 13.4. The average Bonchev–Trinajstić information content (AvgIpc) is 2.99. The van der Waals surface area contributed by atoms with Crippen LogP contribution in [0.1, 0.15) is 31.2 Å². The minimum absolute atomic E-state index is 0.0342. The fourth-order valence-corrected chi connectivity index (χ4v) is 3.22. The summed E-state index contributed by atoms with van der Waals surface area (Å²) in [5.41, 5.74) is 2.22. The maximum absolute atomic E-state index is 12.8. The van der Waals surface area contributed by atoms with Crippen LogP contribution in [0.25, 0.3) is 0 Å². The molecule has 1 aromatic carbocycles. The molecule has 0 radical (unpaired) electrons. The van der Waals surface area contributed by atoms with Gasteiger partial charge in [-0.3, -0.25) is 4.79 Å². The molecule has 1 N–H and O–H groups in total. The maximum Gasteiger partial charge on any atom is 0.230 e. The average molecular weight is 274 g/mol. The van der Waals surface area contributed by atoms with Crippen molar-refractivity contribution < 1.29 is 9.53 Å². The zero-order valence-corrected chi connectivity index (χ0v) is 12.1. The second-order valence-electron chi connectivity index (χ2n) is 5.89. The number of nitrogens with one attached hydrogen (secondary N) is 1. The van der Waals surface area contributed by atoms with Crippen molar-refractivity contribution in [2.24, 2.45) is 0 Å². The number of hydrogen-bond acceptors (Lipinski definition) is 3. The number of para-hydroxylation sites is 1. The molecule has 0 aromatic heterocycles. The number of anilines is 1. The third-order valence-corrected chi connectivity index (χ3v) is 4.43. The van der Waals surface area contributed by atoms with Crippen LogP contribution in [0.15, 0.2) is 24.3 Å². The molecule has 0 bridgehead atoms. The minimum atomic E-state index is -0.0342. The molecule has 20 heavy (non-hydrogen) atoms. The third-order valence-electron chi connectivity index (χ3n) is 4.43. The molecular formula is C16H22N2O2. The Hall–Kier alpha value is -1.55. The monoisotopic (exact) mass is 274 g/mol. The number of rotatable bonds is 2. The van der Waals surface area contributed by atoms with Gasteiger partial charge in [0.1, 0.15) is 0 Å². The van der Waals surface area contributed by atoms with E-state index in [0.717, 1.165) is 30.7 Å². The number of likely N-dealkylation sites (N-methyl/N-ethyl adjacent to an activating group) is 1. The van der Waals surface area contributed by atoms with E-state index >= 15 is 0 Å². The second kappa shape index (κ2) is 5.44. The highest BCUT2D eigenvalue weighted by Crippen LogP contribution is 2.35. The molecule has 2 heterocycles. The Balaban J connectivity index is 1.84. The van der Waals surface area contributed by atoms with Gasteiger partial charge in [0, 0.05) is 25.4 Å². The van der Waals surface area contributed by atoms with Crippen LogP contribution in [-0.2, 0) is 9.53 Å². The van der Waals surface area contributed by atoms with Crippen LogP contribution >= 0.6 is 0 Å². The number of benzene rings is 1. The van der Waals surface area contributed by atoms with E-state index in [1.54, 1.807) is 0 Å². The number of nitrogens with zero attached hydrogens (tertiary/aromatic N) is 1. The van der Waals surface area contributed by atoms with Crippen LogP contribution in [0.3, 0.4) is 0 Å². The van der Waals surface area contributed by atoms with Crippen LogP contribution in [0.4, 0.5) is 5.69 Å². The van der Waals surface area contributed by atoms with Gasteiger partial charge >= 0.3 is 0 Å². The second-order valence-corrected chi connectivity index (χ2v) is 5.89. The quantitative estimate of drug-likeness (QED) is 0.899. The summed E-state index contributed by atoms with van der Waals surface area (Å²) in [6.45, 7) is 3.57. The highest BCUT2D eigenvalue weighted by atomic mass is 16.5. The normalized spacial score (nSPS) is 28.6. The molecule has 2 aliphatic heterocycles. The van der Waals surface area contributed by atoms with Gasteiger partial charge in [-0.2, -0.15) is 0 Å². The Labute approximate surface area is 120 Å². The standard InChI is InChI=1S/C16H22N2O2/c1-11-9-14(13-5-3-4-6-15(13)17-11)16(19)18(2)12-7-8-20-10-12/h3-6,11-12,14,17H,7-10H2,1-2H3. The van der Waals surface area contributed by atoms with Crippen molar-refractivity contribution in [2.45, 2.75) is 37.8 Å². The Morgan fingerprint density at radius 3 is 2.95 bits per heavy atom. The Bertz CT molecular complexity index is 497. The first-order valence-electron chi connectivity index (χ1n) is 7.36. The number of fused-ring (bicyclic) bond motifs is 1. The summed E-state index contributed by atoms with van der Waals surface area (Å²) in [5.74, 6) is 0.189. The molecule has 0 saturated carbocycles. The van der Waals surface area contributed by atoms with E-state index in [1.807, 2.05) is 24.1 Å². The van der Waals surface area contributed by atoms with Crippen molar-refractivity contribution in [3.05, 3.63) is 29.8 Å². The minimum Gasteiger partial charge on any atom is -0.382 e. The zero-order chi connectivity index (χ0) is 14.1. The van der Waals surface area contributed by atoms with Crippen molar-refractivity contribution in [2.75, 3.05) is 25.6 Å². The molecule has 1 aromatic rings. The van der Waals surface area contributed by atoms with E-state index in [4.69, 9.17) is 4.74 Å². The molecule has 3 unspecified atom stereocenters. The predicted octanol–water partition coefficient (Wildman–Crippen LogP) is 2.22. The van der Waals surface area contributed by atoms with Crippen LogP contribution in [-0.4, -0.2) is 43.2 Å². The van der Waals surface area contributed by atoms with Crippen LogP contribution in [0.2, 0.25) is 0 Å². The van der Waals surface area contributed by atoms with Gasteiger partial charge in [-0.05, 0) is 31.4 Å². The number of hydrogen-bond donors (Lipinski definition) is 1. The van der Waals surface area contributed by atoms with Crippen LogP contribution in [0, 0.1) is 0 Å². The molecule has 3 atom stereocenters. The van der Waals surface area contributed by atoms with Crippen molar-refractivity contribution in [1.82, 2.24) is 4.90 Å². The summed E-state index contributed by atoms with van der Waals surface area (Å²) in [6.07, 6.45) is 1.80. The summed E-state index contributed by atoms with van der Waals surface area (Å²) < 4.78 is 5.40. The fraction of sp³-hybridized carbons (Fsp3) is 0.562. The van der Waals surface area contributed by atoms with Crippen molar-refractivity contribution in [3.63, 3.8) is 0 Å². The first-order chi connectivity index (χ1) is 9.66. The highest BCUT2D eigenvalue weighted by molar-refractivity contribution is 5.86. The third kappa shape index (κ3) is 2.40. The summed E-state index contributed by atoms with van der Waals surface area (Å²) in [5, 5.41) is 3.46. The van der Waals surface area contributed by atoms with Gasteiger partial charge in [-0.1, -0.05) is 18.2 Å². The van der Waals surface area contributed by atoms with Gasteiger partial charge in [0.15, 0.2) is 0 Å². The lowest BCUT2D eigenvalue weighted by atomic mass is 9.86. The Morgan fingerprint density at radius 1 is 1.40 bits per heavy atom. The molecule has 1 saturated heterocycles. The molecule has 0 aliphatic carbocycles. The number of carbonyl (C=O) groups is 1. The number of amides is 1. The molecule has 1 amide bonds. The molecule has 4 heteroatoms. The van der Waals surface area contributed by atoms with Gasteiger partial charge in [0.05, 0.1) is 18.6 Å². The van der Waals surface area contributed by atoms with E-state index < -0.39 is 0 Å². The van der Waals surface area contributed by atoms with E-state index in [-0.39, 0.29) is 17.9 Å². The van der Waals surface area contributed by atoms with Gasteiger partial charge in [-0.15, -0.1) is 0 Å². The smallest absolute Gasteiger partial charge is 0.230 e. The van der Waals surface area contributed by atoms with Crippen molar-refractivity contribution in [1.29, 1.82) is 0 Å². The number of carbonyl (C=O) groups excluding carboxylic acids is 1. The number of ether oxygens (including phenoxy) is 1. The van der Waals surface area contributed by atoms with Gasteiger partial charge in [-0.25, -0.2) is 0 Å². The summed E-state index contributed by atoms with van der Waals surface area (Å²) >= 11 is 0.